The van der Waals surface area contributed by atoms with Crippen LogP contribution < -0.4 is 10.6 Å². The summed E-state index contributed by atoms with van der Waals surface area (Å²) in [4.78, 5) is 6.17. The average molecular weight is 349 g/mol. The molecule has 0 radical (unpaired) electrons. The van der Waals surface area contributed by atoms with E-state index in [1.807, 2.05) is 37.4 Å². The van der Waals surface area contributed by atoms with Crippen LogP contribution in [0.15, 0.2) is 52.4 Å². The van der Waals surface area contributed by atoms with E-state index in [0.29, 0.717) is 5.56 Å². The maximum absolute atomic E-state index is 8.70. The SMILES string of the molecule is CN(CCc1ccncc1)c1ccc(/C(N)=N/O)cc1Br. The molecule has 1 aromatic carbocycles. The fraction of sp³-hybridized carbons (Fsp3) is 0.200. The van der Waals surface area contributed by atoms with Crippen LogP contribution in [0.1, 0.15) is 11.1 Å². The van der Waals surface area contributed by atoms with Crippen LogP contribution in [0.3, 0.4) is 0 Å². The van der Waals surface area contributed by atoms with Gasteiger partial charge in [-0.05, 0) is 58.2 Å². The van der Waals surface area contributed by atoms with Gasteiger partial charge in [0.25, 0.3) is 0 Å². The third-order valence-electron chi connectivity index (χ3n) is 3.25. The molecule has 0 atom stereocenters. The van der Waals surface area contributed by atoms with Crippen LogP contribution in [0.4, 0.5) is 5.69 Å². The quantitative estimate of drug-likeness (QED) is 0.377. The third-order valence-corrected chi connectivity index (χ3v) is 3.88. The predicted octanol–water partition coefficient (Wildman–Crippen LogP) is 2.62. The maximum Gasteiger partial charge on any atom is 0.170 e. The highest BCUT2D eigenvalue weighted by Crippen LogP contribution is 2.26. The number of rotatable bonds is 5. The summed E-state index contributed by atoms with van der Waals surface area (Å²) in [6.45, 7) is 0.880. The average Bonchev–Trinajstić information content (AvgIpc) is 2.52. The largest absolute Gasteiger partial charge is 0.409 e. The highest BCUT2D eigenvalue weighted by molar-refractivity contribution is 9.10. The van der Waals surface area contributed by atoms with E-state index in [9.17, 15) is 0 Å². The van der Waals surface area contributed by atoms with Gasteiger partial charge in [-0.3, -0.25) is 4.98 Å². The summed E-state index contributed by atoms with van der Waals surface area (Å²) < 4.78 is 0.906. The molecule has 5 nitrogen and oxygen atoms in total. The van der Waals surface area contributed by atoms with E-state index < -0.39 is 0 Å². The molecule has 1 aromatic heterocycles. The Morgan fingerprint density at radius 1 is 1.33 bits per heavy atom. The molecule has 0 unspecified atom stereocenters. The van der Waals surface area contributed by atoms with Gasteiger partial charge in [0.15, 0.2) is 5.84 Å². The van der Waals surface area contributed by atoms with Crippen molar-refractivity contribution < 1.29 is 5.21 Å². The second-order valence-corrected chi connectivity index (χ2v) is 5.53. The Bertz CT molecular complexity index is 631. The number of amidine groups is 1. The first-order chi connectivity index (χ1) is 10.1. The number of oxime groups is 1. The van der Waals surface area contributed by atoms with Crippen LogP contribution in [0, 0.1) is 0 Å². The van der Waals surface area contributed by atoms with Crippen molar-refractivity contribution in [1.29, 1.82) is 0 Å². The third kappa shape index (κ3) is 3.95. The highest BCUT2D eigenvalue weighted by Gasteiger charge is 2.08. The van der Waals surface area contributed by atoms with Gasteiger partial charge in [0, 0.05) is 36.0 Å². The zero-order valence-electron chi connectivity index (χ0n) is 11.7. The van der Waals surface area contributed by atoms with Crippen LogP contribution in [0.2, 0.25) is 0 Å². The number of anilines is 1. The van der Waals surface area contributed by atoms with Gasteiger partial charge in [-0.2, -0.15) is 0 Å². The summed E-state index contributed by atoms with van der Waals surface area (Å²) >= 11 is 3.53. The summed E-state index contributed by atoms with van der Waals surface area (Å²) in [6, 6.07) is 9.66. The van der Waals surface area contributed by atoms with E-state index >= 15 is 0 Å². The van der Waals surface area contributed by atoms with Gasteiger partial charge in [0.2, 0.25) is 0 Å². The van der Waals surface area contributed by atoms with Crippen molar-refractivity contribution in [3.63, 3.8) is 0 Å². The van der Waals surface area contributed by atoms with Crippen molar-refractivity contribution in [1.82, 2.24) is 4.98 Å². The Labute approximate surface area is 132 Å². The summed E-state index contributed by atoms with van der Waals surface area (Å²) in [5.41, 5.74) is 8.57. The van der Waals surface area contributed by atoms with E-state index in [0.717, 1.165) is 23.1 Å². The molecular weight excluding hydrogens is 332 g/mol. The highest BCUT2D eigenvalue weighted by atomic mass is 79.9. The molecule has 0 fully saturated rings. The van der Waals surface area contributed by atoms with Crippen LogP contribution in [-0.4, -0.2) is 29.6 Å². The lowest BCUT2D eigenvalue weighted by molar-refractivity contribution is 0.318. The fourth-order valence-corrected chi connectivity index (χ4v) is 2.68. The Morgan fingerprint density at radius 3 is 2.67 bits per heavy atom. The summed E-state index contributed by atoms with van der Waals surface area (Å²) in [7, 11) is 2.03. The number of hydrogen-bond donors (Lipinski definition) is 2. The monoisotopic (exact) mass is 348 g/mol. The predicted molar refractivity (Wildman–Crippen MR) is 87.9 cm³/mol. The smallest absolute Gasteiger partial charge is 0.170 e. The van der Waals surface area contributed by atoms with Gasteiger partial charge in [-0.15, -0.1) is 0 Å². The molecule has 2 rings (SSSR count). The van der Waals surface area contributed by atoms with E-state index in [2.05, 4.69) is 31.0 Å². The molecule has 6 heteroatoms. The summed E-state index contributed by atoms with van der Waals surface area (Å²) in [5.74, 6) is 0.0988. The molecule has 2 aromatic rings. The molecule has 0 saturated heterocycles. The second kappa shape index (κ2) is 7.08. The number of benzene rings is 1. The molecule has 0 amide bonds. The van der Waals surface area contributed by atoms with Crippen LogP contribution in [-0.2, 0) is 6.42 Å². The van der Waals surface area contributed by atoms with Crippen LogP contribution >= 0.6 is 15.9 Å². The lowest BCUT2D eigenvalue weighted by Gasteiger charge is -2.21. The van der Waals surface area contributed by atoms with Crippen LogP contribution in [0.25, 0.3) is 0 Å². The first-order valence-electron chi connectivity index (χ1n) is 6.49. The molecule has 1 heterocycles. The molecular formula is C15H17BrN4O. The zero-order chi connectivity index (χ0) is 15.2. The summed E-state index contributed by atoms with van der Waals surface area (Å²) in [6.07, 6.45) is 4.54. The number of likely N-dealkylation sites (N-methyl/N-ethyl adjacent to an activating group) is 1. The second-order valence-electron chi connectivity index (χ2n) is 4.68. The van der Waals surface area contributed by atoms with Gasteiger partial charge in [0.1, 0.15) is 0 Å². The number of hydrogen-bond acceptors (Lipinski definition) is 4. The van der Waals surface area contributed by atoms with Crippen molar-refractivity contribution >= 4 is 27.5 Å². The lowest BCUT2D eigenvalue weighted by atomic mass is 10.1. The van der Waals surface area contributed by atoms with Gasteiger partial charge in [-0.25, -0.2) is 0 Å². The molecule has 21 heavy (non-hydrogen) atoms. The Balaban J connectivity index is 2.07. The molecule has 0 aliphatic rings. The lowest BCUT2D eigenvalue weighted by Crippen LogP contribution is -2.21. The van der Waals surface area contributed by atoms with Gasteiger partial charge in [0.05, 0.1) is 5.69 Å². The number of pyridine rings is 1. The van der Waals surface area contributed by atoms with Crippen LogP contribution in [0.5, 0.6) is 0 Å². The van der Waals surface area contributed by atoms with Crippen molar-refractivity contribution in [3.05, 3.63) is 58.3 Å². The number of nitrogens with zero attached hydrogens (tertiary/aromatic N) is 3. The number of aromatic nitrogens is 1. The van der Waals surface area contributed by atoms with Gasteiger partial charge < -0.3 is 15.8 Å². The molecule has 3 N–H and O–H groups in total. The Morgan fingerprint density at radius 2 is 2.05 bits per heavy atom. The molecule has 0 aliphatic heterocycles. The standard InChI is InChI=1S/C15H17BrN4O/c1-20(9-6-11-4-7-18-8-5-11)14-3-2-12(10-13(14)16)15(17)19-21/h2-5,7-8,10,21H,6,9H2,1H3,(H2,17,19). The topological polar surface area (TPSA) is 74.7 Å². The van der Waals surface area contributed by atoms with E-state index in [1.165, 1.54) is 5.56 Å². The van der Waals surface area contributed by atoms with E-state index in [4.69, 9.17) is 10.9 Å². The summed E-state index contributed by atoms with van der Waals surface area (Å²) in [5, 5.41) is 11.7. The fourth-order valence-electron chi connectivity index (χ4n) is 2.00. The van der Waals surface area contributed by atoms with E-state index in [1.54, 1.807) is 12.4 Å². The first-order valence-corrected chi connectivity index (χ1v) is 7.28. The minimum atomic E-state index is 0.0988. The molecule has 0 bridgehead atoms. The van der Waals surface area contributed by atoms with Crippen molar-refractivity contribution in [2.45, 2.75) is 6.42 Å². The maximum atomic E-state index is 8.70. The Kier molecular flexibility index (Phi) is 5.16. The van der Waals surface area contributed by atoms with E-state index in [-0.39, 0.29) is 5.84 Å². The zero-order valence-corrected chi connectivity index (χ0v) is 13.3. The minimum absolute atomic E-state index is 0.0988. The molecule has 0 aliphatic carbocycles. The van der Waals surface area contributed by atoms with Crippen molar-refractivity contribution in [3.8, 4) is 0 Å². The normalized spacial score (nSPS) is 11.4. The van der Waals surface area contributed by atoms with Gasteiger partial charge in [-0.1, -0.05) is 5.16 Å². The number of halogens is 1. The first kappa shape index (κ1) is 15.3. The van der Waals surface area contributed by atoms with Crippen molar-refractivity contribution in [2.24, 2.45) is 10.9 Å². The molecule has 110 valence electrons. The number of nitrogens with two attached hydrogens (primary N) is 1. The Hall–Kier alpha value is -2.08. The molecule has 0 spiro atoms. The molecule has 0 saturated carbocycles. The van der Waals surface area contributed by atoms with Gasteiger partial charge >= 0.3 is 0 Å². The minimum Gasteiger partial charge on any atom is -0.409 e. The van der Waals surface area contributed by atoms with Crippen molar-refractivity contribution in [2.75, 3.05) is 18.5 Å².